The lowest BCUT2D eigenvalue weighted by Gasteiger charge is -2.36. The molecular weight excluding hydrogens is 548 g/mol. The summed E-state index contributed by atoms with van der Waals surface area (Å²) in [5, 5.41) is 10.4. The van der Waals surface area contributed by atoms with E-state index in [1.54, 1.807) is 44.7 Å². The number of ether oxygens (including phenoxy) is 5. The van der Waals surface area contributed by atoms with E-state index >= 15 is 0 Å². The van der Waals surface area contributed by atoms with Gasteiger partial charge in [0.2, 0.25) is 11.8 Å². The van der Waals surface area contributed by atoms with Crippen LogP contribution in [-0.4, -0.2) is 55.1 Å². The molecule has 0 unspecified atom stereocenters. The number of aromatic hydroxyl groups is 1. The van der Waals surface area contributed by atoms with Crippen LogP contribution >= 0.6 is 11.3 Å². The molecule has 2 heterocycles. The van der Waals surface area contributed by atoms with Crippen LogP contribution in [0.2, 0.25) is 0 Å². The average molecular weight is 583 g/mol. The predicted octanol–water partition coefficient (Wildman–Crippen LogP) is 5.63. The zero-order chi connectivity index (χ0) is 29.5. The summed E-state index contributed by atoms with van der Waals surface area (Å²) < 4.78 is 29.8. The number of carbonyl (C=O) groups is 2. The molecule has 0 radical (unpaired) electrons. The molecule has 0 atom stereocenters. The van der Waals surface area contributed by atoms with Crippen molar-refractivity contribution in [2.45, 2.75) is 40.5 Å². The molecule has 0 amide bonds. The molecule has 1 aliphatic rings. The Balaban J connectivity index is 2.07. The smallest absolute Gasteiger partial charge is 0.340 e. The zero-order valence-corrected chi connectivity index (χ0v) is 24.6. The number of aromatic nitrogens is 1. The maximum absolute atomic E-state index is 13.7. The first-order valence-electron chi connectivity index (χ1n) is 13.6. The van der Waals surface area contributed by atoms with E-state index in [0.717, 1.165) is 4.70 Å². The minimum absolute atomic E-state index is 0.0328. The van der Waals surface area contributed by atoms with Crippen LogP contribution in [0.1, 0.15) is 46.1 Å². The Kier molecular flexibility index (Phi) is 9.72. The summed E-state index contributed by atoms with van der Waals surface area (Å²) in [5.41, 5.74) is 1.37. The highest BCUT2D eigenvalue weighted by Gasteiger charge is 2.46. The lowest BCUT2D eigenvalue weighted by Crippen LogP contribution is -2.39. The van der Waals surface area contributed by atoms with Crippen LogP contribution in [0.4, 0.5) is 5.13 Å². The van der Waals surface area contributed by atoms with Gasteiger partial charge < -0.3 is 28.8 Å². The summed E-state index contributed by atoms with van der Waals surface area (Å²) in [6, 6.07) is 11.8. The highest BCUT2D eigenvalue weighted by Crippen LogP contribution is 2.47. The number of nitrogens with zero attached hydrogens (tertiary/aromatic N) is 2. The average Bonchev–Trinajstić information content (AvgIpc) is 3.37. The second-order valence-electron chi connectivity index (χ2n) is 8.66. The largest absolute Gasteiger partial charge is 0.508 e. The lowest BCUT2D eigenvalue weighted by atomic mass is 9.82. The minimum Gasteiger partial charge on any atom is -0.508 e. The topological polar surface area (TPSA) is 117 Å². The number of thiazole rings is 1. The number of hydrogen-bond acceptors (Lipinski definition) is 11. The van der Waals surface area contributed by atoms with Gasteiger partial charge >= 0.3 is 11.9 Å². The summed E-state index contributed by atoms with van der Waals surface area (Å²) >= 11 is 1.34. The van der Waals surface area contributed by atoms with Crippen LogP contribution in [0.25, 0.3) is 10.2 Å². The minimum atomic E-state index is -0.980. The Bertz CT molecular complexity index is 1410. The Hall–Kier alpha value is -4.25. The summed E-state index contributed by atoms with van der Waals surface area (Å²) in [4.78, 5) is 33.8. The Labute approximate surface area is 242 Å². The number of hydrogen-bond donors (Lipinski definition) is 1. The van der Waals surface area contributed by atoms with Crippen molar-refractivity contribution < 1.29 is 38.4 Å². The fourth-order valence-electron chi connectivity index (χ4n) is 4.53. The van der Waals surface area contributed by atoms with Crippen molar-refractivity contribution in [3.05, 3.63) is 70.9 Å². The Morgan fingerprint density at radius 1 is 0.805 bits per heavy atom. The van der Waals surface area contributed by atoms with E-state index in [9.17, 15) is 14.7 Å². The third-order valence-corrected chi connectivity index (χ3v) is 7.10. The first kappa shape index (κ1) is 29.7. The number of anilines is 1. The number of benzene rings is 2. The van der Waals surface area contributed by atoms with E-state index in [0.29, 0.717) is 28.6 Å². The van der Waals surface area contributed by atoms with Crippen LogP contribution in [-0.2, 0) is 28.5 Å². The van der Waals surface area contributed by atoms with Crippen LogP contribution in [0, 0.1) is 0 Å². The van der Waals surface area contributed by atoms with Gasteiger partial charge in [0.05, 0.1) is 49.2 Å². The number of esters is 2. The van der Waals surface area contributed by atoms with Crippen molar-refractivity contribution in [1.29, 1.82) is 0 Å². The normalized spacial score (nSPS) is 13.9. The third-order valence-electron chi connectivity index (χ3n) is 6.07. The molecule has 3 aromatic rings. The van der Waals surface area contributed by atoms with E-state index in [2.05, 4.69) is 0 Å². The first-order chi connectivity index (χ1) is 19.9. The number of carbonyl (C=O) groups excluding carboxylic acids is 2. The summed E-state index contributed by atoms with van der Waals surface area (Å²) in [7, 11) is 0. The zero-order valence-electron chi connectivity index (χ0n) is 23.8. The van der Waals surface area contributed by atoms with E-state index < -0.39 is 17.9 Å². The fourth-order valence-corrected chi connectivity index (χ4v) is 5.47. The summed E-state index contributed by atoms with van der Waals surface area (Å²) in [6.45, 7) is 9.99. The molecule has 1 aliphatic heterocycles. The Morgan fingerprint density at radius 2 is 1.37 bits per heavy atom. The van der Waals surface area contributed by atoms with Crippen LogP contribution in [0.15, 0.2) is 65.4 Å². The standard InChI is InChI=1S/C30H34N2O8S/c1-6-36-20-15-16-22-21(17-20)31-30(41-22)32-26(37-7-2)24(28(34)39-9-4)23(18-11-13-19(33)14-12-18)25(27(32)38-8-3)29(35)40-10-5/h11-17,23,33H,6-10H2,1-5H3. The van der Waals surface area contributed by atoms with Crippen molar-refractivity contribution in [2.75, 3.05) is 37.9 Å². The van der Waals surface area contributed by atoms with Gasteiger partial charge in [0.25, 0.3) is 0 Å². The van der Waals surface area contributed by atoms with Gasteiger partial charge in [-0.1, -0.05) is 23.5 Å². The predicted molar refractivity (Wildman–Crippen MR) is 155 cm³/mol. The molecule has 2 aromatic carbocycles. The molecule has 0 saturated carbocycles. The van der Waals surface area contributed by atoms with Gasteiger partial charge in [-0.25, -0.2) is 19.5 Å². The molecule has 41 heavy (non-hydrogen) atoms. The molecular formula is C30H34N2O8S. The fraction of sp³-hybridized carbons (Fsp3) is 0.367. The molecule has 0 bridgehead atoms. The maximum Gasteiger partial charge on any atom is 0.340 e. The highest BCUT2D eigenvalue weighted by atomic mass is 32.1. The second kappa shape index (κ2) is 13.4. The van der Waals surface area contributed by atoms with Crippen molar-refractivity contribution in [3.63, 3.8) is 0 Å². The second-order valence-corrected chi connectivity index (χ2v) is 9.67. The number of fused-ring (bicyclic) bond motifs is 1. The molecule has 11 heteroatoms. The Morgan fingerprint density at radius 3 is 1.88 bits per heavy atom. The lowest BCUT2D eigenvalue weighted by molar-refractivity contribution is -0.140. The molecule has 218 valence electrons. The molecule has 4 rings (SSSR count). The van der Waals surface area contributed by atoms with Gasteiger partial charge in [0.15, 0.2) is 5.13 Å². The first-order valence-corrected chi connectivity index (χ1v) is 14.4. The molecule has 0 fully saturated rings. The maximum atomic E-state index is 13.7. The molecule has 1 N–H and O–H groups in total. The molecule has 0 aliphatic carbocycles. The number of phenolic OH excluding ortho intramolecular Hbond substituents is 1. The number of rotatable bonds is 12. The SMILES string of the molecule is CCOC(=O)C1=C(OCC)N(c2nc3cc(OCC)ccc3s2)C(OCC)=C(C(=O)OCC)C1c1ccc(O)cc1. The van der Waals surface area contributed by atoms with E-state index in [1.807, 2.05) is 25.1 Å². The van der Waals surface area contributed by atoms with Crippen molar-refractivity contribution in [3.8, 4) is 11.5 Å². The quantitative estimate of drug-likeness (QED) is 0.269. The molecule has 10 nitrogen and oxygen atoms in total. The van der Waals surface area contributed by atoms with E-state index in [-0.39, 0.29) is 55.1 Å². The van der Waals surface area contributed by atoms with Crippen molar-refractivity contribution in [2.24, 2.45) is 0 Å². The molecule has 1 aromatic heterocycles. The summed E-state index contributed by atoms with van der Waals surface area (Å²) in [6.07, 6.45) is 0. The van der Waals surface area contributed by atoms with Gasteiger partial charge in [0, 0.05) is 6.07 Å². The van der Waals surface area contributed by atoms with Crippen LogP contribution < -0.4 is 9.64 Å². The third kappa shape index (κ3) is 6.09. The van der Waals surface area contributed by atoms with E-state index in [4.69, 9.17) is 28.7 Å². The highest BCUT2D eigenvalue weighted by molar-refractivity contribution is 7.22. The molecule has 0 saturated heterocycles. The monoisotopic (exact) mass is 582 g/mol. The van der Waals surface area contributed by atoms with Gasteiger partial charge in [0.1, 0.15) is 22.6 Å². The van der Waals surface area contributed by atoms with Gasteiger partial charge in [-0.15, -0.1) is 0 Å². The van der Waals surface area contributed by atoms with Crippen molar-refractivity contribution >= 4 is 38.6 Å². The van der Waals surface area contributed by atoms with Crippen LogP contribution in [0.3, 0.4) is 0 Å². The van der Waals surface area contributed by atoms with Crippen molar-refractivity contribution in [1.82, 2.24) is 4.98 Å². The van der Waals surface area contributed by atoms with Crippen LogP contribution in [0.5, 0.6) is 11.5 Å². The van der Waals surface area contributed by atoms with Gasteiger partial charge in [-0.05, 0) is 64.4 Å². The molecule has 0 spiro atoms. The van der Waals surface area contributed by atoms with E-state index in [1.165, 1.54) is 23.5 Å². The number of phenols is 1. The summed E-state index contributed by atoms with van der Waals surface area (Å²) in [5.74, 6) is -1.36. The van der Waals surface area contributed by atoms with Gasteiger partial charge in [-0.3, -0.25) is 0 Å². The van der Waals surface area contributed by atoms with Gasteiger partial charge in [-0.2, -0.15) is 0 Å².